The van der Waals surface area contributed by atoms with Gasteiger partial charge in [-0.3, -0.25) is 4.98 Å². The molecule has 94 valence electrons. The van der Waals surface area contributed by atoms with Gasteiger partial charge in [0.25, 0.3) is 0 Å². The molecule has 0 radical (unpaired) electrons. The summed E-state index contributed by atoms with van der Waals surface area (Å²) in [7, 11) is 0. The van der Waals surface area contributed by atoms with Crippen LogP contribution in [0.3, 0.4) is 0 Å². The largest absolute Gasteiger partial charge is 0.368 e. The maximum atomic E-state index is 4.36. The van der Waals surface area contributed by atoms with E-state index >= 15 is 0 Å². The van der Waals surface area contributed by atoms with Crippen LogP contribution < -0.4 is 5.32 Å². The summed E-state index contributed by atoms with van der Waals surface area (Å²) in [6.07, 6.45) is 3.54. The van der Waals surface area contributed by atoms with Crippen molar-refractivity contribution in [2.75, 3.05) is 11.9 Å². The number of fused-ring (bicyclic) bond motifs is 1. The highest BCUT2D eigenvalue weighted by Gasteiger charge is 2.09. The topological polar surface area (TPSA) is 50.7 Å². The standard InChI is InChI=1S/C15H14N4/c1-2-17-15-13-6-4-3-5-12(13)14(18-19-15)11-7-9-16-10-8-11/h3-10H,2H2,1H3,(H,17,19). The monoisotopic (exact) mass is 250 g/mol. The number of pyridine rings is 1. The molecule has 0 aliphatic rings. The summed E-state index contributed by atoms with van der Waals surface area (Å²) in [5, 5.41) is 14.1. The first kappa shape index (κ1) is 11.6. The van der Waals surface area contributed by atoms with Crippen molar-refractivity contribution in [3.63, 3.8) is 0 Å². The maximum absolute atomic E-state index is 4.36. The van der Waals surface area contributed by atoms with Crippen molar-refractivity contribution in [3.05, 3.63) is 48.8 Å². The van der Waals surface area contributed by atoms with E-state index in [1.165, 1.54) is 0 Å². The van der Waals surface area contributed by atoms with Crippen molar-refractivity contribution in [2.45, 2.75) is 6.92 Å². The molecule has 1 aromatic carbocycles. The minimum atomic E-state index is 0.827. The first-order valence-corrected chi connectivity index (χ1v) is 6.30. The second-order valence-corrected chi connectivity index (χ2v) is 4.21. The van der Waals surface area contributed by atoms with Gasteiger partial charge in [-0.2, -0.15) is 0 Å². The molecule has 0 spiro atoms. The molecule has 2 heterocycles. The van der Waals surface area contributed by atoms with E-state index in [9.17, 15) is 0 Å². The molecule has 0 saturated carbocycles. The lowest BCUT2D eigenvalue weighted by Crippen LogP contribution is -2.02. The lowest BCUT2D eigenvalue weighted by molar-refractivity contribution is 1.03. The van der Waals surface area contributed by atoms with Crippen molar-refractivity contribution < 1.29 is 0 Å². The number of hydrogen-bond donors (Lipinski definition) is 1. The molecular weight excluding hydrogens is 236 g/mol. The van der Waals surface area contributed by atoms with Crippen molar-refractivity contribution in [1.82, 2.24) is 15.2 Å². The zero-order chi connectivity index (χ0) is 13.1. The quantitative estimate of drug-likeness (QED) is 0.776. The molecule has 0 aliphatic carbocycles. The minimum absolute atomic E-state index is 0.827. The van der Waals surface area contributed by atoms with Crippen LogP contribution in [0.5, 0.6) is 0 Å². The summed E-state index contributed by atoms with van der Waals surface area (Å²) in [6, 6.07) is 12.1. The van der Waals surface area contributed by atoms with Gasteiger partial charge in [-0.1, -0.05) is 24.3 Å². The van der Waals surface area contributed by atoms with Crippen LogP contribution in [-0.2, 0) is 0 Å². The highest BCUT2D eigenvalue weighted by molar-refractivity contribution is 5.99. The molecule has 4 heteroatoms. The Balaban J connectivity index is 2.25. The highest BCUT2D eigenvalue weighted by Crippen LogP contribution is 2.28. The van der Waals surface area contributed by atoms with Crippen molar-refractivity contribution in [2.24, 2.45) is 0 Å². The van der Waals surface area contributed by atoms with Gasteiger partial charge in [-0.05, 0) is 19.1 Å². The van der Waals surface area contributed by atoms with Crippen LogP contribution in [0.2, 0.25) is 0 Å². The molecular formula is C15H14N4. The maximum Gasteiger partial charge on any atom is 0.156 e. The fraction of sp³-hybridized carbons (Fsp3) is 0.133. The van der Waals surface area contributed by atoms with Crippen molar-refractivity contribution >= 4 is 16.6 Å². The Hall–Kier alpha value is -2.49. The van der Waals surface area contributed by atoms with Crippen LogP contribution in [0.15, 0.2) is 48.8 Å². The van der Waals surface area contributed by atoms with E-state index < -0.39 is 0 Å². The number of nitrogens with one attached hydrogen (secondary N) is 1. The zero-order valence-electron chi connectivity index (χ0n) is 10.7. The van der Waals surface area contributed by atoms with E-state index in [4.69, 9.17) is 0 Å². The highest BCUT2D eigenvalue weighted by atomic mass is 15.2. The van der Waals surface area contributed by atoms with Gasteiger partial charge in [0.1, 0.15) is 5.69 Å². The first-order chi connectivity index (χ1) is 9.40. The molecule has 0 amide bonds. The SMILES string of the molecule is CCNc1nnc(-c2ccncc2)c2ccccc12. The van der Waals surface area contributed by atoms with Gasteiger partial charge < -0.3 is 5.32 Å². The number of nitrogens with zero attached hydrogens (tertiary/aromatic N) is 3. The molecule has 2 aromatic heterocycles. The number of hydrogen-bond acceptors (Lipinski definition) is 4. The number of anilines is 1. The molecule has 0 saturated heterocycles. The third-order valence-electron chi connectivity index (χ3n) is 2.99. The molecule has 19 heavy (non-hydrogen) atoms. The van der Waals surface area contributed by atoms with E-state index in [0.29, 0.717) is 0 Å². The normalized spacial score (nSPS) is 10.6. The molecule has 1 N–H and O–H groups in total. The van der Waals surface area contributed by atoms with E-state index in [2.05, 4.69) is 32.6 Å². The number of aromatic nitrogens is 3. The number of benzene rings is 1. The summed E-state index contributed by atoms with van der Waals surface area (Å²) in [5.74, 6) is 0.830. The summed E-state index contributed by atoms with van der Waals surface area (Å²) < 4.78 is 0. The van der Waals surface area contributed by atoms with E-state index in [0.717, 1.165) is 34.4 Å². The zero-order valence-corrected chi connectivity index (χ0v) is 10.7. The van der Waals surface area contributed by atoms with Gasteiger partial charge in [0, 0.05) is 35.3 Å². The van der Waals surface area contributed by atoms with Gasteiger partial charge in [-0.15, -0.1) is 10.2 Å². The minimum Gasteiger partial charge on any atom is -0.368 e. The molecule has 3 rings (SSSR count). The Labute approximate surface area is 111 Å². The van der Waals surface area contributed by atoms with E-state index in [-0.39, 0.29) is 0 Å². The fourth-order valence-electron chi connectivity index (χ4n) is 2.12. The van der Waals surface area contributed by atoms with Gasteiger partial charge in [0.15, 0.2) is 5.82 Å². The van der Waals surface area contributed by atoms with Crippen LogP contribution in [0.25, 0.3) is 22.0 Å². The lowest BCUT2D eigenvalue weighted by Gasteiger charge is -2.09. The summed E-state index contributed by atoms with van der Waals surface area (Å²) in [5.41, 5.74) is 1.92. The third kappa shape index (κ3) is 2.12. The van der Waals surface area contributed by atoms with Gasteiger partial charge in [0.05, 0.1) is 0 Å². The third-order valence-corrected chi connectivity index (χ3v) is 2.99. The Morgan fingerprint density at radius 1 is 0.947 bits per heavy atom. The van der Waals surface area contributed by atoms with Crippen LogP contribution in [0, 0.1) is 0 Å². The fourth-order valence-corrected chi connectivity index (χ4v) is 2.12. The molecule has 0 bridgehead atoms. The molecule has 0 atom stereocenters. The van der Waals surface area contributed by atoms with Gasteiger partial charge in [0.2, 0.25) is 0 Å². The van der Waals surface area contributed by atoms with Gasteiger partial charge in [-0.25, -0.2) is 0 Å². The van der Waals surface area contributed by atoms with Crippen LogP contribution in [0.1, 0.15) is 6.92 Å². The van der Waals surface area contributed by atoms with Crippen LogP contribution in [0.4, 0.5) is 5.82 Å². The average Bonchev–Trinajstić information content (AvgIpc) is 2.49. The Morgan fingerprint density at radius 3 is 2.42 bits per heavy atom. The lowest BCUT2D eigenvalue weighted by atomic mass is 10.1. The summed E-state index contributed by atoms with van der Waals surface area (Å²) >= 11 is 0. The van der Waals surface area contributed by atoms with Crippen molar-refractivity contribution in [3.8, 4) is 11.3 Å². The Kier molecular flexibility index (Phi) is 3.06. The smallest absolute Gasteiger partial charge is 0.156 e. The molecule has 0 aliphatic heterocycles. The summed E-state index contributed by atoms with van der Waals surface area (Å²) in [4.78, 5) is 4.04. The number of rotatable bonds is 3. The second kappa shape index (κ2) is 5.02. The Bertz CT molecular complexity index is 695. The van der Waals surface area contributed by atoms with Crippen molar-refractivity contribution in [1.29, 1.82) is 0 Å². The van der Waals surface area contributed by atoms with Crippen LogP contribution in [-0.4, -0.2) is 21.7 Å². The van der Waals surface area contributed by atoms with E-state index in [1.807, 2.05) is 31.2 Å². The average molecular weight is 250 g/mol. The van der Waals surface area contributed by atoms with Crippen LogP contribution >= 0.6 is 0 Å². The predicted molar refractivity (Wildman–Crippen MR) is 76.9 cm³/mol. The summed E-state index contributed by atoms with van der Waals surface area (Å²) in [6.45, 7) is 2.88. The second-order valence-electron chi connectivity index (χ2n) is 4.21. The molecule has 4 nitrogen and oxygen atoms in total. The first-order valence-electron chi connectivity index (χ1n) is 6.30. The molecule has 0 fully saturated rings. The Morgan fingerprint density at radius 2 is 1.68 bits per heavy atom. The molecule has 0 unspecified atom stereocenters. The predicted octanol–water partition coefficient (Wildman–Crippen LogP) is 3.12. The molecule has 3 aromatic rings. The van der Waals surface area contributed by atoms with E-state index in [1.54, 1.807) is 12.4 Å². The van der Waals surface area contributed by atoms with Gasteiger partial charge >= 0.3 is 0 Å².